The average molecular weight is 660 g/mol. The Balaban J connectivity index is 1.65. The summed E-state index contributed by atoms with van der Waals surface area (Å²) in [6.07, 6.45) is -5.65. The van der Waals surface area contributed by atoms with Gasteiger partial charge in [-0.05, 0) is 32.9 Å². The van der Waals surface area contributed by atoms with E-state index in [2.05, 4.69) is 30.1 Å². The molecule has 0 unspecified atom stereocenters. The molecule has 1 fully saturated rings. The highest BCUT2D eigenvalue weighted by Crippen LogP contribution is 2.50. The van der Waals surface area contributed by atoms with Gasteiger partial charge in [0.05, 0.1) is 26.1 Å². The van der Waals surface area contributed by atoms with Gasteiger partial charge in [-0.1, -0.05) is 29.8 Å². The Morgan fingerprint density at radius 1 is 1.25 bits per heavy atom. The summed E-state index contributed by atoms with van der Waals surface area (Å²) in [6, 6.07) is 6.79. The monoisotopic (exact) mass is 659 g/mol. The Labute approximate surface area is 256 Å². The van der Waals surface area contributed by atoms with Crippen LogP contribution in [0.25, 0.3) is 11.2 Å². The first kappa shape index (κ1) is 33.1. The lowest BCUT2D eigenvalue weighted by Crippen LogP contribution is -2.43. The van der Waals surface area contributed by atoms with Crippen molar-refractivity contribution in [2.45, 2.75) is 56.5 Å². The molecule has 4 N–H and O–H groups in total. The minimum Gasteiger partial charge on any atom is -0.462 e. The van der Waals surface area contributed by atoms with Crippen molar-refractivity contribution >= 4 is 54.4 Å². The molecule has 1 aromatic carbocycles. The second-order valence-electron chi connectivity index (χ2n) is 9.73. The van der Waals surface area contributed by atoms with Crippen LogP contribution in [0.1, 0.15) is 27.0 Å². The van der Waals surface area contributed by atoms with Gasteiger partial charge in [-0.2, -0.15) is 15.1 Å². The van der Waals surface area contributed by atoms with Crippen molar-refractivity contribution in [1.82, 2.24) is 24.6 Å². The Hall–Kier alpha value is -3.76. The first-order valence-electron chi connectivity index (χ1n) is 13.2. The Morgan fingerprint density at radius 2 is 1.95 bits per heavy atom. The molecule has 4 rings (SSSR count). The molecule has 6 atom stereocenters. The van der Waals surface area contributed by atoms with Gasteiger partial charge in [0.1, 0.15) is 17.9 Å². The Kier molecular flexibility index (Phi) is 10.2. The summed E-state index contributed by atoms with van der Waals surface area (Å²) in [5.74, 6) is -0.513. The van der Waals surface area contributed by atoms with E-state index in [0.717, 1.165) is 11.7 Å². The molecule has 0 saturated carbocycles. The van der Waals surface area contributed by atoms with Gasteiger partial charge in [0, 0.05) is 7.05 Å². The number of fused-ring (bicyclic) bond motifs is 1. The number of imidazole rings is 1. The molecule has 1 aliphatic heterocycles. The number of carbonyl (C=O) groups is 2. The molecule has 0 bridgehead atoms. The fourth-order valence-corrected chi connectivity index (χ4v) is 6.03. The van der Waals surface area contributed by atoms with Gasteiger partial charge in [0.25, 0.3) is 5.13 Å². The van der Waals surface area contributed by atoms with Crippen molar-refractivity contribution in [1.29, 1.82) is 0 Å². The third kappa shape index (κ3) is 7.30. The number of benzene rings is 1. The van der Waals surface area contributed by atoms with Crippen molar-refractivity contribution < 1.29 is 46.5 Å². The number of halogens is 2. The van der Waals surface area contributed by atoms with Crippen LogP contribution in [-0.2, 0) is 32.8 Å². The lowest BCUT2D eigenvalue weighted by Gasteiger charge is -2.26. The zero-order valence-corrected chi connectivity index (χ0v) is 26.0. The minimum absolute atomic E-state index is 0.0464. The van der Waals surface area contributed by atoms with Crippen molar-refractivity contribution in [3.05, 3.63) is 36.7 Å². The lowest BCUT2D eigenvalue weighted by molar-refractivity contribution is -0.149. The van der Waals surface area contributed by atoms with Crippen LogP contribution in [0.15, 0.2) is 36.7 Å². The first-order valence-corrected chi connectivity index (χ1v) is 15.1. The van der Waals surface area contributed by atoms with Crippen LogP contribution in [0.2, 0.25) is 0 Å². The molecule has 3 aromatic rings. The number of hydrogen-bond acceptors (Lipinski definition) is 14. The minimum atomic E-state index is -4.43. The predicted octanol–water partition coefficient (Wildman–Crippen LogP) is 3.54. The van der Waals surface area contributed by atoms with Crippen LogP contribution in [0.3, 0.4) is 0 Å². The zero-order valence-electron chi connectivity index (χ0n) is 24.3. The molecular formula is C25H32ClFN7O9P. The Bertz CT molecular complexity index is 1530. The van der Waals surface area contributed by atoms with Crippen LogP contribution >= 0.6 is 19.3 Å². The van der Waals surface area contributed by atoms with E-state index in [9.17, 15) is 14.2 Å². The van der Waals surface area contributed by atoms with Crippen LogP contribution in [0.4, 0.5) is 21.0 Å². The second kappa shape index (κ2) is 13.5. The number of anilines is 2. The number of ether oxygens (including phenoxy) is 4. The average Bonchev–Trinajstić information content (AvgIpc) is 3.48. The molecule has 0 aliphatic carbocycles. The molecule has 0 amide bonds. The van der Waals surface area contributed by atoms with Crippen molar-refractivity contribution in [2.24, 2.45) is 0 Å². The topological polar surface area (TPSA) is 200 Å². The van der Waals surface area contributed by atoms with E-state index in [1.165, 1.54) is 25.4 Å². The molecule has 1 saturated heterocycles. The summed E-state index contributed by atoms with van der Waals surface area (Å²) in [5, 5.41) is 2.35. The third-order valence-electron chi connectivity index (χ3n) is 6.10. The molecular weight excluding hydrogens is 628 g/mol. The summed E-state index contributed by atoms with van der Waals surface area (Å²) in [7, 11) is -1.83. The molecule has 1 aliphatic rings. The highest BCUT2D eigenvalue weighted by atomic mass is 35.5. The number of hydrogen-bond donors (Lipinski definition) is 3. The molecule has 44 heavy (non-hydrogen) atoms. The predicted molar refractivity (Wildman–Crippen MR) is 155 cm³/mol. The van der Waals surface area contributed by atoms with Gasteiger partial charge < -0.3 is 34.5 Å². The lowest BCUT2D eigenvalue weighted by atomic mass is 10.1. The highest BCUT2D eigenvalue weighted by molar-refractivity contribution is 7.52. The highest BCUT2D eigenvalue weighted by Gasteiger charge is 2.61. The zero-order chi connectivity index (χ0) is 32.2. The van der Waals surface area contributed by atoms with Gasteiger partial charge in [-0.25, -0.2) is 18.7 Å². The van der Waals surface area contributed by atoms with Crippen molar-refractivity contribution in [3.63, 3.8) is 0 Å². The van der Waals surface area contributed by atoms with Crippen LogP contribution in [0, 0.1) is 0 Å². The van der Waals surface area contributed by atoms with E-state index in [1.807, 2.05) is 0 Å². The van der Waals surface area contributed by atoms with Gasteiger partial charge in [-0.15, -0.1) is 0 Å². The number of para-hydroxylation sites is 1. The van der Waals surface area contributed by atoms with Crippen LogP contribution in [-0.4, -0.2) is 81.9 Å². The number of methoxy groups -OCH3 is 1. The second-order valence-corrected chi connectivity index (χ2v) is 12.0. The summed E-state index contributed by atoms with van der Waals surface area (Å²) in [5.41, 5.74) is 6.08. The van der Waals surface area contributed by atoms with Crippen LogP contribution in [0.5, 0.6) is 5.75 Å². The number of nitrogen functional groups attached to an aromatic ring is 1. The summed E-state index contributed by atoms with van der Waals surface area (Å²) < 4.78 is 63.5. The maximum atomic E-state index is 16.4. The smallest absolute Gasteiger partial charge is 0.462 e. The normalized spacial score (nSPS) is 23.6. The van der Waals surface area contributed by atoms with E-state index in [4.69, 9.17) is 40.6 Å². The fourth-order valence-electron chi connectivity index (χ4n) is 4.19. The number of nitrogens with two attached hydrogens (primary N) is 1. The standard InChI is InChI=1S/C25H32ClFN7O9P/c1-13(2)40-21(35)14(3)33-44(37,43-15-9-7-6-8-10-15)39-11-16-18(42-24(36)38-5)25(26,27)22(41-16)34-12-30-17-19(29-4)31-23(28)32-20(17)34/h6-10,12-14,16,18,22H,11H2,1-5H3,(H,33,37)(H3,28,29,31,32)/t14-,16+,18+,22+,25+,44+/m0/s1. The fraction of sp³-hybridized carbons (Fsp3) is 0.480. The number of alkyl halides is 2. The molecule has 2 aromatic heterocycles. The maximum Gasteiger partial charge on any atom is 0.508 e. The number of nitrogens with zero attached hydrogens (tertiary/aromatic N) is 4. The number of rotatable bonds is 12. The largest absolute Gasteiger partial charge is 0.508 e. The molecule has 0 spiro atoms. The van der Waals surface area contributed by atoms with E-state index in [0.29, 0.717) is 0 Å². The number of carbonyl (C=O) groups excluding carboxylic acids is 2. The molecule has 19 heteroatoms. The van der Waals surface area contributed by atoms with E-state index >= 15 is 4.39 Å². The van der Waals surface area contributed by atoms with Gasteiger partial charge in [0.2, 0.25) is 5.95 Å². The quantitative estimate of drug-likeness (QED) is 0.145. The first-order chi connectivity index (χ1) is 20.8. The molecule has 16 nitrogen and oxygen atoms in total. The molecule has 3 heterocycles. The van der Waals surface area contributed by atoms with Gasteiger partial charge in [0.15, 0.2) is 29.3 Å². The van der Waals surface area contributed by atoms with Gasteiger partial charge >= 0.3 is 19.9 Å². The number of aromatic nitrogens is 4. The SMILES string of the molecule is CNc1nc(N)nc2c1ncn2[C@@H]1O[C@H](CO[P@](=O)(N[C@@H](C)C(=O)OC(C)C)Oc2ccccc2)[C@@H](OC(=O)OC)[C@]1(F)Cl. The third-order valence-corrected chi connectivity index (χ3v) is 8.15. The Morgan fingerprint density at radius 3 is 2.59 bits per heavy atom. The van der Waals surface area contributed by atoms with E-state index in [-0.39, 0.29) is 28.7 Å². The van der Waals surface area contributed by atoms with Gasteiger partial charge in [-0.3, -0.25) is 13.9 Å². The van der Waals surface area contributed by atoms with Crippen LogP contribution < -0.4 is 20.7 Å². The van der Waals surface area contributed by atoms with Crippen molar-refractivity contribution in [3.8, 4) is 5.75 Å². The van der Waals surface area contributed by atoms with Crippen molar-refractivity contribution in [2.75, 3.05) is 31.8 Å². The summed E-state index contributed by atoms with van der Waals surface area (Å²) in [4.78, 5) is 37.0. The van der Waals surface area contributed by atoms with E-state index < -0.39 is 62.2 Å². The number of nitrogens with one attached hydrogen (secondary N) is 2. The summed E-state index contributed by atoms with van der Waals surface area (Å²) >= 11 is 6.36. The van der Waals surface area contributed by atoms with E-state index in [1.54, 1.807) is 39.1 Å². The maximum absolute atomic E-state index is 16.4. The molecule has 0 radical (unpaired) electrons. The summed E-state index contributed by atoms with van der Waals surface area (Å²) in [6.45, 7) is 3.97. The number of esters is 1. The molecule has 240 valence electrons.